The first-order valence-corrected chi connectivity index (χ1v) is 5.77. The Kier molecular flexibility index (Phi) is 4.44. The Morgan fingerprint density at radius 2 is 1.83 bits per heavy atom. The third-order valence-corrected chi connectivity index (χ3v) is 3.27. The van der Waals surface area contributed by atoms with Crippen molar-refractivity contribution in [3.05, 3.63) is 35.9 Å². The number of rotatable bonds is 6. The third kappa shape index (κ3) is 2.68. The van der Waals surface area contributed by atoms with Gasteiger partial charge in [-0.15, -0.1) is 0 Å². The van der Waals surface area contributed by atoms with Crippen molar-refractivity contribution in [3.63, 3.8) is 0 Å². The summed E-state index contributed by atoms with van der Waals surface area (Å²) >= 11 is 0. The molecule has 0 saturated carbocycles. The van der Waals surface area contributed by atoms with Crippen LogP contribution in [-0.2, 0) is 15.0 Å². The molecule has 2 amide bonds. The summed E-state index contributed by atoms with van der Waals surface area (Å²) in [5, 5.41) is 9.62. The molecule has 1 aromatic carbocycles. The van der Waals surface area contributed by atoms with Gasteiger partial charge in [0.05, 0.1) is 5.41 Å². The van der Waals surface area contributed by atoms with Crippen molar-refractivity contribution in [3.8, 4) is 0 Å². The first-order valence-electron chi connectivity index (χ1n) is 5.77. The van der Waals surface area contributed by atoms with Crippen LogP contribution in [0.3, 0.4) is 0 Å². The Bertz CT molecular complexity index is 433. The maximum absolute atomic E-state index is 11.8. The molecule has 0 aliphatic heterocycles. The largest absolute Gasteiger partial charge is 0.383 e. The molecule has 18 heavy (non-hydrogen) atoms. The highest BCUT2D eigenvalue weighted by Gasteiger charge is 2.39. The van der Waals surface area contributed by atoms with E-state index in [-0.39, 0.29) is 6.42 Å². The van der Waals surface area contributed by atoms with Gasteiger partial charge in [-0.25, -0.2) is 0 Å². The second kappa shape index (κ2) is 5.64. The summed E-state index contributed by atoms with van der Waals surface area (Å²) in [5.41, 5.74) is 10.1. The van der Waals surface area contributed by atoms with Gasteiger partial charge in [0.1, 0.15) is 6.10 Å². The Morgan fingerprint density at radius 1 is 1.28 bits per heavy atom. The lowest BCUT2D eigenvalue weighted by Crippen LogP contribution is -2.46. The summed E-state index contributed by atoms with van der Waals surface area (Å²) in [6, 6.07) is 8.87. The topological polar surface area (TPSA) is 106 Å². The molecule has 5 nitrogen and oxygen atoms in total. The molecular weight excluding hydrogens is 232 g/mol. The number of carbonyl (C=O) groups is 2. The molecule has 1 rings (SSSR count). The van der Waals surface area contributed by atoms with Crippen molar-refractivity contribution in [2.75, 3.05) is 0 Å². The van der Waals surface area contributed by atoms with Gasteiger partial charge in [-0.05, 0) is 12.0 Å². The summed E-state index contributed by atoms with van der Waals surface area (Å²) in [4.78, 5) is 22.7. The second-order valence-electron chi connectivity index (χ2n) is 4.29. The number of hydrogen-bond acceptors (Lipinski definition) is 3. The van der Waals surface area contributed by atoms with Gasteiger partial charge in [-0.1, -0.05) is 37.3 Å². The fraction of sp³-hybridized carbons (Fsp3) is 0.385. The van der Waals surface area contributed by atoms with Crippen LogP contribution in [0.4, 0.5) is 0 Å². The highest BCUT2D eigenvalue weighted by atomic mass is 16.3. The third-order valence-electron chi connectivity index (χ3n) is 3.27. The molecule has 0 aliphatic carbocycles. The Hall–Kier alpha value is -1.88. The number of aliphatic hydroxyl groups excluding tert-OH is 1. The molecule has 0 aliphatic rings. The van der Waals surface area contributed by atoms with Crippen LogP contribution in [0.5, 0.6) is 0 Å². The lowest BCUT2D eigenvalue weighted by molar-refractivity contribution is -0.130. The highest BCUT2D eigenvalue weighted by Crippen LogP contribution is 2.32. The van der Waals surface area contributed by atoms with Gasteiger partial charge in [0.25, 0.3) is 0 Å². The van der Waals surface area contributed by atoms with E-state index < -0.39 is 23.3 Å². The lowest BCUT2D eigenvalue weighted by Gasteiger charge is -2.31. The van der Waals surface area contributed by atoms with Crippen molar-refractivity contribution in [1.29, 1.82) is 0 Å². The minimum absolute atomic E-state index is 0.0990. The van der Waals surface area contributed by atoms with E-state index in [4.69, 9.17) is 11.5 Å². The first kappa shape index (κ1) is 14.2. The molecule has 0 spiro atoms. The fourth-order valence-corrected chi connectivity index (χ4v) is 2.07. The Morgan fingerprint density at radius 3 is 2.22 bits per heavy atom. The van der Waals surface area contributed by atoms with Crippen LogP contribution in [-0.4, -0.2) is 23.0 Å². The SMILES string of the molecule is CCC(CC(O)C(N)=O)(C(N)=O)c1ccccc1. The zero-order valence-corrected chi connectivity index (χ0v) is 10.3. The Labute approximate surface area is 106 Å². The van der Waals surface area contributed by atoms with E-state index in [0.29, 0.717) is 12.0 Å². The van der Waals surface area contributed by atoms with E-state index in [2.05, 4.69) is 0 Å². The zero-order valence-electron chi connectivity index (χ0n) is 10.3. The van der Waals surface area contributed by atoms with Crippen LogP contribution in [0.15, 0.2) is 30.3 Å². The number of amides is 2. The molecule has 0 heterocycles. The maximum Gasteiger partial charge on any atom is 0.246 e. The smallest absolute Gasteiger partial charge is 0.246 e. The van der Waals surface area contributed by atoms with Crippen molar-refractivity contribution in [2.24, 2.45) is 11.5 Å². The van der Waals surface area contributed by atoms with Crippen LogP contribution in [0.25, 0.3) is 0 Å². The number of carbonyl (C=O) groups excluding carboxylic acids is 2. The maximum atomic E-state index is 11.8. The molecule has 5 N–H and O–H groups in total. The van der Waals surface area contributed by atoms with Crippen LogP contribution < -0.4 is 11.5 Å². The van der Waals surface area contributed by atoms with Crippen LogP contribution in [0, 0.1) is 0 Å². The molecule has 0 bridgehead atoms. The molecule has 0 fully saturated rings. The van der Waals surface area contributed by atoms with Crippen molar-refractivity contribution >= 4 is 11.8 Å². The predicted molar refractivity (Wildman–Crippen MR) is 67.4 cm³/mol. The molecule has 1 aromatic rings. The summed E-state index contributed by atoms with van der Waals surface area (Å²) in [6.07, 6.45) is -1.10. The first-order chi connectivity index (χ1) is 8.44. The molecule has 0 saturated heterocycles. The van der Waals surface area contributed by atoms with E-state index in [9.17, 15) is 14.7 Å². The standard InChI is InChI=1S/C13H18N2O3/c1-2-13(12(15)18,8-10(16)11(14)17)9-6-4-3-5-7-9/h3-7,10,16H,2,8H2,1H3,(H2,14,17)(H2,15,18). The number of primary amides is 2. The summed E-state index contributed by atoms with van der Waals surface area (Å²) in [7, 11) is 0. The normalized spacial score (nSPS) is 15.7. The van der Waals surface area contributed by atoms with Gasteiger partial charge in [0.15, 0.2) is 0 Å². The molecule has 0 aromatic heterocycles. The van der Waals surface area contributed by atoms with Gasteiger partial charge in [0.2, 0.25) is 11.8 Å². The van der Waals surface area contributed by atoms with E-state index in [1.807, 2.05) is 6.07 Å². The fourth-order valence-electron chi connectivity index (χ4n) is 2.07. The van der Waals surface area contributed by atoms with Gasteiger partial charge in [-0.2, -0.15) is 0 Å². The predicted octanol–water partition coefficient (Wildman–Crippen LogP) is 0.0560. The van der Waals surface area contributed by atoms with Gasteiger partial charge in [-0.3, -0.25) is 9.59 Å². The lowest BCUT2D eigenvalue weighted by atomic mass is 9.73. The number of hydrogen-bond donors (Lipinski definition) is 3. The number of aliphatic hydroxyl groups is 1. The summed E-state index contributed by atoms with van der Waals surface area (Å²) in [5.74, 6) is -1.43. The molecule has 2 unspecified atom stereocenters. The highest BCUT2D eigenvalue weighted by molar-refractivity contribution is 5.88. The van der Waals surface area contributed by atoms with Crippen molar-refractivity contribution < 1.29 is 14.7 Å². The Balaban J connectivity index is 3.18. The van der Waals surface area contributed by atoms with E-state index >= 15 is 0 Å². The van der Waals surface area contributed by atoms with Crippen LogP contribution in [0.1, 0.15) is 25.3 Å². The van der Waals surface area contributed by atoms with Crippen LogP contribution >= 0.6 is 0 Å². The van der Waals surface area contributed by atoms with E-state index in [1.165, 1.54) is 0 Å². The quantitative estimate of drug-likeness (QED) is 0.664. The average molecular weight is 250 g/mol. The summed E-state index contributed by atoms with van der Waals surface area (Å²) < 4.78 is 0. The van der Waals surface area contributed by atoms with E-state index in [1.54, 1.807) is 31.2 Å². The minimum Gasteiger partial charge on any atom is -0.383 e. The van der Waals surface area contributed by atoms with Crippen LogP contribution in [0.2, 0.25) is 0 Å². The van der Waals surface area contributed by atoms with E-state index in [0.717, 1.165) is 0 Å². The molecule has 98 valence electrons. The monoisotopic (exact) mass is 250 g/mol. The molecule has 5 heteroatoms. The van der Waals surface area contributed by atoms with Gasteiger partial charge < -0.3 is 16.6 Å². The average Bonchev–Trinajstić information content (AvgIpc) is 2.36. The zero-order chi connectivity index (χ0) is 13.8. The summed E-state index contributed by atoms with van der Waals surface area (Å²) in [6.45, 7) is 1.78. The molecule has 2 atom stereocenters. The van der Waals surface area contributed by atoms with Crippen molar-refractivity contribution in [2.45, 2.75) is 31.3 Å². The second-order valence-corrected chi connectivity index (χ2v) is 4.29. The number of nitrogens with two attached hydrogens (primary N) is 2. The molecule has 0 radical (unpaired) electrons. The van der Waals surface area contributed by atoms with Crippen molar-refractivity contribution in [1.82, 2.24) is 0 Å². The molecular formula is C13H18N2O3. The van der Waals surface area contributed by atoms with Gasteiger partial charge >= 0.3 is 0 Å². The van der Waals surface area contributed by atoms with Gasteiger partial charge in [0, 0.05) is 6.42 Å². The minimum atomic E-state index is -1.39. The number of benzene rings is 1.